The lowest BCUT2D eigenvalue weighted by Gasteiger charge is -2.10. The molecular formula is C22H25N7O3S. The summed E-state index contributed by atoms with van der Waals surface area (Å²) < 4.78 is 37.2. The highest BCUT2D eigenvalue weighted by molar-refractivity contribution is 7.92. The van der Waals surface area contributed by atoms with E-state index < -0.39 is 10.0 Å². The summed E-state index contributed by atoms with van der Waals surface area (Å²) in [5.41, 5.74) is 4.48. The summed E-state index contributed by atoms with van der Waals surface area (Å²) in [7, 11) is -2.06. The van der Waals surface area contributed by atoms with Crippen molar-refractivity contribution >= 4 is 15.7 Å². The van der Waals surface area contributed by atoms with Crippen molar-refractivity contribution < 1.29 is 13.2 Å². The average Bonchev–Trinajstić information content (AvgIpc) is 3.18. The van der Waals surface area contributed by atoms with E-state index in [0.29, 0.717) is 34.5 Å². The van der Waals surface area contributed by atoms with E-state index >= 15 is 0 Å². The van der Waals surface area contributed by atoms with Gasteiger partial charge in [0.15, 0.2) is 5.82 Å². The molecule has 0 atom stereocenters. The minimum absolute atomic E-state index is 0.179. The van der Waals surface area contributed by atoms with E-state index in [0.717, 1.165) is 17.0 Å². The molecule has 0 amide bonds. The minimum atomic E-state index is -3.77. The first kappa shape index (κ1) is 22.5. The average molecular weight is 468 g/mol. The van der Waals surface area contributed by atoms with Crippen molar-refractivity contribution in [2.75, 3.05) is 4.72 Å². The Kier molecular flexibility index (Phi) is 5.66. The van der Waals surface area contributed by atoms with Gasteiger partial charge in [-0.3, -0.25) is 9.40 Å². The molecule has 0 bridgehead atoms. The SMILES string of the molecule is Cc1nn(-c2ccc(Oc3ccc(NS(=O)(=O)c4c(C)nn(C)c4C)cc3)nn2)c(C)c1C. The number of hydrogen-bond acceptors (Lipinski definition) is 7. The maximum Gasteiger partial charge on any atom is 0.265 e. The molecule has 0 spiro atoms. The number of benzene rings is 1. The second-order valence-corrected chi connectivity index (χ2v) is 9.41. The van der Waals surface area contributed by atoms with Gasteiger partial charge in [0.2, 0.25) is 5.88 Å². The van der Waals surface area contributed by atoms with Crippen molar-refractivity contribution in [1.29, 1.82) is 0 Å². The quantitative estimate of drug-likeness (QED) is 0.461. The van der Waals surface area contributed by atoms with Crippen molar-refractivity contribution in [3.63, 3.8) is 0 Å². The zero-order valence-corrected chi connectivity index (χ0v) is 20.1. The molecule has 0 aliphatic carbocycles. The van der Waals surface area contributed by atoms with Crippen molar-refractivity contribution in [2.24, 2.45) is 7.05 Å². The molecule has 33 heavy (non-hydrogen) atoms. The van der Waals surface area contributed by atoms with Gasteiger partial charge in [0.05, 0.1) is 17.1 Å². The van der Waals surface area contributed by atoms with E-state index in [1.807, 2.05) is 20.8 Å². The lowest BCUT2D eigenvalue weighted by atomic mass is 10.2. The number of rotatable bonds is 6. The first-order valence-electron chi connectivity index (χ1n) is 10.2. The first-order valence-corrected chi connectivity index (χ1v) is 11.7. The monoisotopic (exact) mass is 467 g/mol. The summed E-state index contributed by atoms with van der Waals surface area (Å²) in [5.74, 6) is 1.41. The van der Waals surface area contributed by atoms with Crippen LogP contribution in [0.3, 0.4) is 0 Å². The zero-order valence-electron chi connectivity index (χ0n) is 19.3. The van der Waals surface area contributed by atoms with E-state index in [9.17, 15) is 8.42 Å². The second-order valence-electron chi connectivity index (χ2n) is 7.79. The smallest absolute Gasteiger partial charge is 0.265 e. The van der Waals surface area contributed by atoms with Crippen LogP contribution in [0.4, 0.5) is 5.69 Å². The predicted molar refractivity (Wildman–Crippen MR) is 123 cm³/mol. The standard InChI is InChI=1S/C22H25N7O3S/c1-13-14(2)26-29(16(13)4)20-11-12-21(24-23-20)32-19-9-7-18(8-10-19)27-33(30,31)22-15(3)25-28(6)17(22)5/h7-12,27H,1-6H3. The predicted octanol–water partition coefficient (Wildman–Crippen LogP) is 3.53. The first-order chi connectivity index (χ1) is 15.6. The number of anilines is 1. The second kappa shape index (κ2) is 8.32. The molecule has 11 heteroatoms. The lowest BCUT2D eigenvalue weighted by Crippen LogP contribution is -2.14. The molecule has 172 valence electrons. The molecule has 4 rings (SSSR count). The van der Waals surface area contributed by atoms with Crippen LogP contribution in [0, 0.1) is 34.6 Å². The van der Waals surface area contributed by atoms with Crippen molar-refractivity contribution in [1.82, 2.24) is 29.8 Å². The topological polar surface area (TPSA) is 117 Å². The molecule has 0 aliphatic rings. The van der Waals surface area contributed by atoms with Gasteiger partial charge in [0, 0.05) is 24.5 Å². The number of aryl methyl sites for hydroxylation is 3. The van der Waals surface area contributed by atoms with Gasteiger partial charge in [-0.1, -0.05) is 0 Å². The highest BCUT2D eigenvalue weighted by Crippen LogP contribution is 2.25. The highest BCUT2D eigenvalue weighted by Gasteiger charge is 2.23. The summed E-state index contributed by atoms with van der Waals surface area (Å²) in [5, 5.41) is 17.0. The molecular weight excluding hydrogens is 442 g/mol. The van der Waals surface area contributed by atoms with Crippen LogP contribution in [0.1, 0.15) is 28.3 Å². The molecule has 0 radical (unpaired) electrons. The van der Waals surface area contributed by atoms with Crippen molar-refractivity contribution in [3.8, 4) is 17.4 Å². The fourth-order valence-corrected chi connectivity index (χ4v) is 4.98. The fourth-order valence-electron chi connectivity index (χ4n) is 3.49. The van der Waals surface area contributed by atoms with E-state index in [4.69, 9.17) is 4.74 Å². The number of nitrogens with one attached hydrogen (secondary N) is 1. The molecule has 0 fully saturated rings. The van der Waals surface area contributed by atoms with Gasteiger partial charge in [0.25, 0.3) is 10.0 Å². The minimum Gasteiger partial charge on any atom is -0.438 e. The van der Waals surface area contributed by atoms with Crippen LogP contribution < -0.4 is 9.46 Å². The Morgan fingerprint density at radius 2 is 1.55 bits per heavy atom. The van der Waals surface area contributed by atoms with Gasteiger partial charge in [-0.2, -0.15) is 10.2 Å². The van der Waals surface area contributed by atoms with E-state index in [1.165, 1.54) is 0 Å². The number of sulfonamides is 1. The number of ether oxygens (including phenoxy) is 1. The Balaban J connectivity index is 1.47. The Morgan fingerprint density at radius 1 is 0.848 bits per heavy atom. The summed E-state index contributed by atoms with van der Waals surface area (Å²) in [6.45, 7) is 9.33. The van der Waals surface area contributed by atoms with Gasteiger partial charge in [-0.05, 0) is 70.5 Å². The summed E-state index contributed by atoms with van der Waals surface area (Å²) >= 11 is 0. The fraction of sp³-hybridized carbons (Fsp3) is 0.273. The normalized spacial score (nSPS) is 11.6. The molecule has 3 heterocycles. The largest absolute Gasteiger partial charge is 0.438 e. The van der Waals surface area contributed by atoms with E-state index in [-0.39, 0.29) is 4.90 Å². The highest BCUT2D eigenvalue weighted by atomic mass is 32.2. The van der Waals surface area contributed by atoms with E-state index in [2.05, 4.69) is 25.1 Å². The zero-order chi connectivity index (χ0) is 23.9. The van der Waals surface area contributed by atoms with Gasteiger partial charge in [-0.25, -0.2) is 13.1 Å². The Bertz CT molecular complexity index is 1420. The van der Waals surface area contributed by atoms with Gasteiger partial charge in [-0.15, -0.1) is 10.2 Å². The third-order valence-corrected chi connectivity index (χ3v) is 7.17. The van der Waals surface area contributed by atoms with Gasteiger partial charge < -0.3 is 4.74 Å². The lowest BCUT2D eigenvalue weighted by molar-refractivity contribution is 0.454. The molecule has 0 unspecified atom stereocenters. The van der Waals surface area contributed by atoms with Crippen LogP contribution in [0.25, 0.3) is 5.82 Å². The maximum absolute atomic E-state index is 12.8. The Labute approximate surface area is 192 Å². The molecule has 0 aliphatic heterocycles. The molecule has 10 nitrogen and oxygen atoms in total. The number of aromatic nitrogens is 6. The van der Waals surface area contributed by atoms with E-state index in [1.54, 1.807) is 66.7 Å². The maximum atomic E-state index is 12.8. The molecule has 3 aromatic heterocycles. The van der Waals surface area contributed by atoms with Crippen LogP contribution >= 0.6 is 0 Å². The van der Waals surface area contributed by atoms with Gasteiger partial charge in [0.1, 0.15) is 10.6 Å². The van der Waals surface area contributed by atoms with Crippen LogP contribution in [-0.2, 0) is 17.1 Å². The molecule has 1 N–H and O–H groups in total. The molecule has 1 aromatic carbocycles. The Morgan fingerprint density at radius 3 is 2.06 bits per heavy atom. The molecule has 4 aromatic rings. The van der Waals surface area contributed by atoms with Crippen LogP contribution in [0.2, 0.25) is 0 Å². The number of nitrogens with zero attached hydrogens (tertiary/aromatic N) is 6. The van der Waals surface area contributed by atoms with Gasteiger partial charge >= 0.3 is 0 Å². The summed E-state index contributed by atoms with van der Waals surface area (Å²) in [6, 6.07) is 10.0. The number of hydrogen-bond donors (Lipinski definition) is 1. The van der Waals surface area contributed by atoms with Crippen LogP contribution in [0.5, 0.6) is 11.6 Å². The molecule has 0 saturated heterocycles. The Hall–Kier alpha value is -3.73. The third kappa shape index (κ3) is 4.31. The van der Waals surface area contributed by atoms with Crippen LogP contribution in [-0.4, -0.2) is 38.2 Å². The third-order valence-electron chi connectivity index (χ3n) is 5.54. The summed E-state index contributed by atoms with van der Waals surface area (Å²) in [6.07, 6.45) is 0. The van der Waals surface area contributed by atoms with Crippen molar-refractivity contribution in [2.45, 2.75) is 39.5 Å². The van der Waals surface area contributed by atoms with Crippen molar-refractivity contribution in [3.05, 3.63) is 64.7 Å². The summed E-state index contributed by atoms with van der Waals surface area (Å²) in [4.78, 5) is 0.179. The van der Waals surface area contributed by atoms with Crippen LogP contribution in [0.15, 0.2) is 41.3 Å². The molecule has 0 saturated carbocycles.